The van der Waals surface area contributed by atoms with E-state index in [1.807, 2.05) is 36.7 Å². The molecule has 5 aromatic rings. The molecule has 0 radical (unpaired) electrons. The highest BCUT2D eigenvalue weighted by Crippen LogP contribution is 2.42. The first kappa shape index (κ1) is 21.2. The fourth-order valence-electron chi connectivity index (χ4n) is 4.44. The first-order chi connectivity index (χ1) is 16.9. The second-order valence-electron chi connectivity index (χ2n) is 8.81. The van der Waals surface area contributed by atoms with Gasteiger partial charge in [0.05, 0.1) is 11.7 Å². The molecule has 1 saturated carbocycles. The maximum Gasteiger partial charge on any atom is 0.248 e. The summed E-state index contributed by atoms with van der Waals surface area (Å²) in [7, 11) is 0. The van der Waals surface area contributed by atoms with Crippen LogP contribution in [0.25, 0.3) is 33.4 Å². The average molecular weight is 473 g/mol. The summed E-state index contributed by atoms with van der Waals surface area (Å²) >= 11 is 0. The number of rotatable bonds is 7. The number of halogens is 2. The molecule has 3 N–H and O–H groups in total. The van der Waals surface area contributed by atoms with E-state index in [1.54, 1.807) is 29.3 Å². The Morgan fingerprint density at radius 2 is 2.03 bits per heavy atom. The van der Waals surface area contributed by atoms with Gasteiger partial charge >= 0.3 is 0 Å². The molecule has 10 heteroatoms. The molecule has 1 fully saturated rings. The summed E-state index contributed by atoms with van der Waals surface area (Å²) in [6.07, 6.45) is 10.6. The predicted molar refractivity (Wildman–Crippen MR) is 130 cm³/mol. The molecule has 176 valence electrons. The number of H-pyrrole nitrogens is 1. The van der Waals surface area contributed by atoms with E-state index in [4.69, 9.17) is 0 Å². The Balaban J connectivity index is 1.25. The standard InChI is InChI=1S/C25H22F2N8/c1-15(29-11-16-9-25(26,27)10-16)19-14-32-35-7-4-17(8-22(19)35)20-12-30-23-21(20)13-31-24(34-23)33-18-2-5-28-6-3-18/h2-8,12-14,16,29H,1,9-11H2,(H2,28,30,31,33,34). The quantitative estimate of drug-likeness (QED) is 0.308. The van der Waals surface area contributed by atoms with Crippen LogP contribution in [0.15, 0.2) is 68.0 Å². The van der Waals surface area contributed by atoms with E-state index in [0.29, 0.717) is 23.8 Å². The number of fused-ring (bicyclic) bond motifs is 2. The molecule has 6 rings (SSSR count). The maximum absolute atomic E-state index is 13.1. The number of aromatic amines is 1. The summed E-state index contributed by atoms with van der Waals surface area (Å²) in [6, 6.07) is 7.69. The van der Waals surface area contributed by atoms with Crippen molar-refractivity contribution >= 4 is 33.9 Å². The SMILES string of the molecule is C=C(NCC1CC(F)(F)C1)c1cnn2ccc(-c3c[nH]c4nc(Nc5ccncc5)ncc34)cc12. The van der Waals surface area contributed by atoms with Crippen LogP contribution in [0.2, 0.25) is 0 Å². The summed E-state index contributed by atoms with van der Waals surface area (Å²) in [5.74, 6) is -2.08. The van der Waals surface area contributed by atoms with Gasteiger partial charge < -0.3 is 15.6 Å². The number of nitrogens with one attached hydrogen (secondary N) is 3. The van der Waals surface area contributed by atoms with Crippen molar-refractivity contribution < 1.29 is 8.78 Å². The number of pyridine rings is 2. The first-order valence-corrected chi connectivity index (χ1v) is 11.3. The summed E-state index contributed by atoms with van der Waals surface area (Å²) < 4.78 is 28.0. The highest BCUT2D eigenvalue weighted by molar-refractivity contribution is 5.94. The minimum Gasteiger partial charge on any atom is -0.385 e. The fourth-order valence-corrected chi connectivity index (χ4v) is 4.44. The van der Waals surface area contributed by atoms with Crippen LogP contribution >= 0.6 is 0 Å². The van der Waals surface area contributed by atoms with Crippen LogP contribution in [0.5, 0.6) is 0 Å². The number of anilines is 2. The summed E-state index contributed by atoms with van der Waals surface area (Å²) in [6.45, 7) is 4.58. The van der Waals surface area contributed by atoms with E-state index in [-0.39, 0.29) is 18.8 Å². The molecule has 0 saturated heterocycles. The lowest BCUT2D eigenvalue weighted by atomic mass is 9.81. The highest BCUT2D eigenvalue weighted by Gasteiger charge is 2.44. The first-order valence-electron chi connectivity index (χ1n) is 11.3. The van der Waals surface area contributed by atoms with Crippen molar-refractivity contribution in [2.75, 3.05) is 11.9 Å². The normalized spacial score (nSPS) is 15.3. The lowest BCUT2D eigenvalue weighted by Crippen LogP contribution is -2.40. The molecule has 0 unspecified atom stereocenters. The van der Waals surface area contributed by atoms with Crippen molar-refractivity contribution in [1.29, 1.82) is 0 Å². The van der Waals surface area contributed by atoms with E-state index in [2.05, 4.69) is 42.2 Å². The molecule has 0 atom stereocenters. The van der Waals surface area contributed by atoms with Crippen LogP contribution in [-0.2, 0) is 0 Å². The van der Waals surface area contributed by atoms with Crippen LogP contribution in [0.1, 0.15) is 18.4 Å². The minimum absolute atomic E-state index is 0.0386. The third-order valence-electron chi connectivity index (χ3n) is 6.31. The van der Waals surface area contributed by atoms with Crippen molar-refractivity contribution in [2.24, 2.45) is 5.92 Å². The molecule has 5 aromatic heterocycles. The molecule has 1 aliphatic carbocycles. The molecule has 1 aliphatic rings. The number of hydrogen-bond donors (Lipinski definition) is 3. The molecule has 35 heavy (non-hydrogen) atoms. The Morgan fingerprint density at radius 1 is 1.20 bits per heavy atom. The minimum atomic E-state index is -2.52. The molecular formula is C25H22F2N8. The molecule has 5 heterocycles. The molecule has 0 bridgehead atoms. The van der Waals surface area contributed by atoms with Crippen molar-refractivity contribution in [3.05, 3.63) is 73.6 Å². The van der Waals surface area contributed by atoms with Crippen molar-refractivity contribution in [3.63, 3.8) is 0 Å². The lowest BCUT2D eigenvalue weighted by molar-refractivity contribution is -0.108. The van der Waals surface area contributed by atoms with Gasteiger partial charge in [0.1, 0.15) is 5.65 Å². The second-order valence-corrected chi connectivity index (χ2v) is 8.81. The van der Waals surface area contributed by atoms with Crippen LogP contribution in [-0.4, -0.2) is 42.0 Å². The average Bonchev–Trinajstić information content (AvgIpc) is 3.45. The Bertz CT molecular complexity index is 1530. The highest BCUT2D eigenvalue weighted by atomic mass is 19.3. The molecule has 8 nitrogen and oxygen atoms in total. The van der Waals surface area contributed by atoms with Gasteiger partial charge in [-0.3, -0.25) is 4.98 Å². The number of alkyl halides is 2. The van der Waals surface area contributed by atoms with Gasteiger partial charge in [-0.25, -0.2) is 18.3 Å². The molecule has 0 amide bonds. The predicted octanol–water partition coefficient (Wildman–Crippen LogP) is 5.02. The number of aromatic nitrogens is 6. The van der Waals surface area contributed by atoms with Gasteiger partial charge in [-0.2, -0.15) is 10.1 Å². The zero-order chi connectivity index (χ0) is 24.0. The van der Waals surface area contributed by atoms with Gasteiger partial charge in [0.25, 0.3) is 0 Å². The maximum atomic E-state index is 13.1. The lowest BCUT2D eigenvalue weighted by Gasteiger charge is -2.35. The topological polar surface area (TPSA) is 95.8 Å². The monoisotopic (exact) mass is 472 g/mol. The van der Waals surface area contributed by atoms with Gasteiger partial charge in [0, 0.05) is 78.3 Å². The molecular weight excluding hydrogens is 450 g/mol. The van der Waals surface area contributed by atoms with Gasteiger partial charge in [-0.05, 0) is 35.7 Å². The smallest absolute Gasteiger partial charge is 0.248 e. The number of hydrogen-bond acceptors (Lipinski definition) is 6. The van der Waals surface area contributed by atoms with Gasteiger partial charge in [0.15, 0.2) is 0 Å². The Labute approximate surface area is 199 Å². The zero-order valence-corrected chi connectivity index (χ0v) is 18.7. The Hall–Kier alpha value is -4.34. The third kappa shape index (κ3) is 4.07. The van der Waals surface area contributed by atoms with Crippen LogP contribution in [0, 0.1) is 5.92 Å². The Kier molecular flexibility index (Phi) is 4.94. The Morgan fingerprint density at radius 3 is 2.83 bits per heavy atom. The van der Waals surface area contributed by atoms with Crippen molar-refractivity contribution in [1.82, 2.24) is 34.9 Å². The summed E-state index contributed by atoms with van der Waals surface area (Å²) in [5.41, 5.74) is 5.86. The van der Waals surface area contributed by atoms with E-state index in [0.717, 1.165) is 33.3 Å². The van der Waals surface area contributed by atoms with E-state index < -0.39 is 5.92 Å². The number of nitrogens with zero attached hydrogens (tertiary/aromatic N) is 5. The van der Waals surface area contributed by atoms with Crippen LogP contribution in [0.3, 0.4) is 0 Å². The molecule has 0 aliphatic heterocycles. The van der Waals surface area contributed by atoms with Crippen LogP contribution < -0.4 is 10.6 Å². The fraction of sp³-hybridized carbons (Fsp3) is 0.200. The van der Waals surface area contributed by atoms with Gasteiger partial charge in [-0.1, -0.05) is 6.58 Å². The van der Waals surface area contributed by atoms with Gasteiger partial charge in [0.2, 0.25) is 11.9 Å². The van der Waals surface area contributed by atoms with E-state index in [1.165, 1.54) is 0 Å². The van der Waals surface area contributed by atoms with Crippen LogP contribution in [0.4, 0.5) is 20.4 Å². The largest absolute Gasteiger partial charge is 0.385 e. The summed E-state index contributed by atoms with van der Waals surface area (Å²) in [5, 5.41) is 11.7. The van der Waals surface area contributed by atoms with E-state index in [9.17, 15) is 8.78 Å². The van der Waals surface area contributed by atoms with Gasteiger partial charge in [-0.15, -0.1) is 0 Å². The van der Waals surface area contributed by atoms with Crippen molar-refractivity contribution in [3.8, 4) is 11.1 Å². The summed E-state index contributed by atoms with van der Waals surface area (Å²) in [4.78, 5) is 16.3. The third-order valence-corrected chi connectivity index (χ3v) is 6.31. The second kappa shape index (κ2) is 8.15. The molecule has 0 spiro atoms. The van der Waals surface area contributed by atoms with E-state index >= 15 is 0 Å². The van der Waals surface area contributed by atoms with Crippen molar-refractivity contribution in [2.45, 2.75) is 18.8 Å². The molecule has 0 aromatic carbocycles. The zero-order valence-electron chi connectivity index (χ0n) is 18.7.